The molecule has 37 heavy (non-hydrogen) atoms. The number of anilines is 1. The molecule has 3 aromatic rings. The van der Waals surface area contributed by atoms with Crippen LogP contribution in [0.1, 0.15) is 28.6 Å². The summed E-state index contributed by atoms with van der Waals surface area (Å²) in [5.74, 6) is -1.81. The van der Waals surface area contributed by atoms with Gasteiger partial charge in [-0.15, -0.1) is 0 Å². The first-order valence-corrected chi connectivity index (χ1v) is 11.9. The number of primary amides is 1. The number of halogens is 2. The number of nitrogens with two attached hydrogens (primary N) is 1. The molecular formula is C26H26F2N6O3. The minimum absolute atomic E-state index is 0.0274. The molecule has 3 N–H and O–H groups in total. The summed E-state index contributed by atoms with van der Waals surface area (Å²) in [5.41, 5.74) is 7.90. The van der Waals surface area contributed by atoms with E-state index in [1.165, 1.54) is 10.8 Å². The van der Waals surface area contributed by atoms with E-state index >= 15 is 0 Å². The quantitative estimate of drug-likeness (QED) is 0.496. The van der Waals surface area contributed by atoms with Crippen LogP contribution in [0.5, 0.6) is 11.5 Å². The van der Waals surface area contributed by atoms with Crippen LogP contribution in [0.2, 0.25) is 0 Å². The maximum atomic E-state index is 13.5. The third-order valence-electron chi connectivity index (χ3n) is 6.58. The van der Waals surface area contributed by atoms with Crippen LogP contribution in [0.3, 0.4) is 0 Å². The Bertz CT molecular complexity index is 1330. The molecule has 11 heteroatoms. The van der Waals surface area contributed by atoms with Crippen LogP contribution in [0, 0.1) is 11.6 Å². The summed E-state index contributed by atoms with van der Waals surface area (Å²) in [7, 11) is 0. The first kappa shape index (κ1) is 24.4. The summed E-state index contributed by atoms with van der Waals surface area (Å²) in [5, 5.41) is 8.06. The van der Waals surface area contributed by atoms with Gasteiger partial charge < -0.3 is 20.7 Å². The van der Waals surface area contributed by atoms with Gasteiger partial charge >= 0.3 is 0 Å². The first-order valence-electron chi connectivity index (χ1n) is 11.9. The zero-order chi connectivity index (χ0) is 26.1. The largest absolute Gasteiger partial charge is 0.457 e. The fraction of sp³-hybridized carbons (Fsp3) is 0.269. The average molecular weight is 509 g/mol. The second kappa shape index (κ2) is 10.0. The van der Waals surface area contributed by atoms with E-state index in [2.05, 4.69) is 16.8 Å². The van der Waals surface area contributed by atoms with Crippen molar-refractivity contribution in [1.29, 1.82) is 0 Å². The van der Waals surface area contributed by atoms with E-state index in [-0.39, 0.29) is 23.4 Å². The van der Waals surface area contributed by atoms with Crippen molar-refractivity contribution in [3.63, 3.8) is 0 Å². The van der Waals surface area contributed by atoms with Crippen molar-refractivity contribution in [2.75, 3.05) is 38.0 Å². The summed E-state index contributed by atoms with van der Waals surface area (Å²) in [6.45, 7) is 6.73. The van der Waals surface area contributed by atoms with Crippen LogP contribution in [-0.2, 0) is 4.79 Å². The number of rotatable bonds is 6. The van der Waals surface area contributed by atoms with Crippen molar-refractivity contribution in [2.45, 2.75) is 12.5 Å². The minimum atomic E-state index is -0.740. The highest BCUT2D eigenvalue weighted by molar-refractivity contribution is 5.98. The smallest absolute Gasteiger partial charge is 0.269 e. The molecule has 2 aromatic carbocycles. The molecule has 2 amide bonds. The number of piperazine rings is 1. The van der Waals surface area contributed by atoms with Gasteiger partial charge in [0.15, 0.2) is 5.69 Å². The highest BCUT2D eigenvalue weighted by atomic mass is 19.1. The van der Waals surface area contributed by atoms with Crippen LogP contribution in [0.15, 0.2) is 55.1 Å². The first-order chi connectivity index (χ1) is 17.8. The number of amides is 2. The van der Waals surface area contributed by atoms with E-state index in [1.54, 1.807) is 29.2 Å². The van der Waals surface area contributed by atoms with Gasteiger partial charge in [-0.05, 0) is 36.8 Å². The van der Waals surface area contributed by atoms with Crippen LogP contribution in [0.25, 0.3) is 5.69 Å². The van der Waals surface area contributed by atoms with Crippen molar-refractivity contribution >= 4 is 17.5 Å². The predicted octanol–water partition coefficient (Wildman–Crippen LogP) is 3.23. The Morgan fingerprint density at radius 3 is 2.35 bits per heavy atom. The maximum Gasteiger partial charge on any atom is 0.269 e. The minimum Gasteiger partial charge on any atom is -0.457 e. The van der Waals surface area contributed by atoms with Crippen molar-refractivity contribution in [1.82, 2.24) is 19.6 Å². The summed E-state index contributed by atoms with van der Waals surface area (Å²) in [6.07, 6.45) is 2.11. The maximum absolute atomic E-state index is 13.5. The van der Waals surface area contributed by atoms with Crippen molar-refractivity contribution < 1.29 is 23.1 Å². The number of ether oxygens (including phenoxy) is 1. The molecule has 1 fully saturated rings. The molecule has 5 rings (SSSR count). The summed E-state index contributed by atoms with van der Waals surface area (Å²) >= 11 is 0. The molecular weight excluding hydrogens is 482 g/mol. The van der Waals surface area contributed by atoms with Crippen LogP contribution >= 0.6 is 0 Å². The van der Waals surface area contributed by atoms with Crippen LogP contribution < -0.4 is 15.8 Å². The monoisotopic (exact) mass is 508 g/mol. The lowest BCUT2D eigenvalue weighted by molar-refractivity contribution is -0.128. The molecule has 0 bridgehead atoms. The third-order valence-corrected chi connectivity index (χ3v) is 6.58. The van der Waals surface area contributed by atoms with Gasteiger partial charge in [-0.3, -0.25) is 14.5 Å². The van der Waals surface area contributed by atoms with Crippen molar-refractivity contribution in [3.8, 4) is 17.2 Å². The lowest BCUT2D eigenvalue weighted by Gasteiger charge is -2.40. The van der Waals surface area contributed by atoms with Gasteiger partial charge in [-0.25, -0.2) is 13.5 Å². The van der Waals surface area contributed by atoms with E-state index in [0.29, 0.717) is 49.8 Å². The van der Waals surface area contributed by atoms with Gasteiger partial charge in [0, 0.05) is 50.9 Å². The Hall–Kier alpha value is -4.25. The number of nitrogens with one attached hydrogen (secondary N) is 1. The van der Waals surface area contributed by atoms with Crippen molar-refractivity contribution in [2.24, 2.45) is 5.73 Å². The number of carbonyl (C=O) groups excluding carboxylic acids is 2. The molecule has 0 spiro atoms. The van der Waals surface area contributed by atoms with E-state index in [9.17, 15) is 18.4 Å². The topological polar surface area (TPSA) is 106 Å². The fourth-order valence-corrected chi connectivity index (χ4v) is 4.85. The van der Waals surface area contributed by atoms with Crippen LogP contribution in [-0.4, -0.2) is 64.1 Å². The molecule has 1 atom stereocenters. The molecule has 192 valence electrons. The number of carbonyl (C=O) groups is 2. The molecule has 3 heterocycles. The zero-order valence-electron chi connectivity index (χ0n) is 20.0. The highest BCUT2D eigenvalue weighted by Gasteiger charge is 2.35. The molecule has 0 unspecified atom stereocenters. The van der Waals surface area contributed by atoms with Gasteiger partial charge in [0.05, 0.1) is 17.4 Å². The number of hydrogen-bond acceptors (Lipinski definition) is 6. The van der Waals surface area contributed by atoms with Gasteiger partial charge in [-0.2, -0.15) is 5.10 Å². The van der Waals surface area contributed by atoms with Gasteiger partial charge in [0.1, 0.15) is 28.8 Å². The molecule has 0 radical (unpaired) electrons. The Morgan fingerprint density at radius 1 is 1.05 bits per heavy atom. The zero-order valence-corrected chi connectivity index (χ0v) is 20.0. The molecule has 1 aromatic heterocycles. The standard InChI is InChI=1S/C26H26F2N6O3/c1-2-22(35)33-11-9-32(10-12-33)21-7-8-30-24-23(21)31-34(25(24)26(29)36)18-3-5-19(6-4-18)37-20-14-16(27)13-17(28)15-20/h2-6,13-15,21,30H,1,7-12H2,(H2,29,36)/t21-/m1/s1. The Kier molecular flexibility index (Phi) is 6.62. The SMILES string of the molecule is C=CC(=O)N1CCN([C@@H]2CCNc3c2nn(-c2ccc(Oc4cc(F)cc(F)c4)cc2)c3C(N)=O)CC1. The number of nitrogens with zero attached hydrogens (tertiary/aromatic N) is 4. The molecule has 1 saturated heterocycles. The molecule has 9 nitrogen and oxygen atoms in total. The number of aromatic nitrogens is 2. The Morgan fingerprint density at radius 2 is 1.73 bits per heavy atom. The van der Waals surface area contributed by atoms with Crippen molar-refractivity contribution in [3.05, 3.63) is 78.1 Å². The summed E-state index contributed by atoms with van der Waals surface area (Å²) in [4.78, 5) is 28.5. The lowest BCUT2D eigenvalue weighted by Crippen LogP contribution is -2.50. The van der Waals surface area contributed by atoms with Gasteiger partial charge in [0.2, 0.25) is 5.91 Å². The fourth-order valence-electron chi connectivity index (χ4n) is 4.85. The highest BCUT2D eigenvalue weighted by Crippen LogP contribution is 2.37. The normalized spacial score (nSPS) is 17.6. The molecule has 2 aliphatic heterocycles. The van der Waals surface area contributed by atoms with E-state index in [0.717, 1.165) is 30.3 Å². The second-order valence-corrected chi connectivity index (χ2v) is 8.88. The predicted molar refractivity (Wildman–Crippen MR) is 133 cm³/mol. The molecule has 0 saturated carbocycles. The van der Waals surface area contributed by atoms with Gasteiger partial charge in [-0.1, -0.05) is 6.58 Å². The average Bonchev–Trinajstić information content (AvgIpc) is 3.28. The summed E-state index contributed by atoms with van der Waals surface area (Å²) < 4.78 is 34.0. The number of benzene rings is 2. The second-order valence-electron chi connectivity index (χ2n) is 8.88. The van der Waals surface area contributed by atoms with E-state index < -0.39 is 17.5 Å². The van der Waals surface area contributed by atoms with Gasteiger partial charge in [0.25, 0.3) is 5.91 Å². The van der Waals surface area contributed by atoms with Crippen LogP contribution in [0.4, 0.5) is 14.5 Å². The van der Waals surface area contributed by atoms with E-state index in [4.69, 9.17) is 15.6 Å². The molecule has 2 aliphatic rings. The molecule has 0 aliphatic carbocycles. The number of hydrogen-bond donors (Lipinski definition) is 2. The third kappa shape index (κ3) is 4.90. The Balaban J connectivity index is 1.41. The number of fused-ring (bicyclic) bond motifs is 1. The van der Waals surface area contributed by atoms with E-state index in [1.807, 2.05) is 0 Å². The summed E-state index contributed by atoms with van der Waals surface area (Å²) in [6, 6.07) is 9.50. The lowest BCUT2D eigenvalue weighted by atomic mass is 10.0. The Labute approximate surface area is 212 Å².